The Hall–Kier alpha value is -0.530. The Morgan fingerprint density at radius 3 is 1.67 bits per heavy atom. The second kappa shape index (κ2) is 3.46. The summed E-state index contributed by atoms with van der Waals surface area (Å²) in [5, 5.41) is 0. The standard InChI is InChI=1S/C4H3F7O/c5-2(6)3(7,8)1-12-4(9,10)11/h2H,1H2. The second-order valence-electron chi connectivity index (χ2n) is 1.80. The van der Waals surface area contributed by atoms with Gasteiger partial charge in [0.2, 0.25) is 0 Å². The van der Waals surface area contributed by atoms with E-state index in [2.05, 4.69) is 4.74 Å². The van der Waals surface area contributed by atoms with Crippen molar-refractivity contribution >= 4 is 0 Å². The average molecular weight is 200 g/mol. The zero-order valence-electron chi connectivity index (χ0n) is 5.34. The molecule has 8 heteroatoms. The minimum absolute atomic E-state index is 2.37. The number of alkyl halides is 7. The normalized spacial score (nSPS) is 14.0. The van der Waals surface area contributed by atoms with E-state index < -0.39 is 25.3 Å². The summed E-state index contributed by atoms with van der Waals surface area (Å²) in [6.45, 7) is -2.37. The SMILES string of the molecule is FC(F)C(F)(F)COC(F)(F)F. The van der Waals surface area contributed by atoms with Gasteiger partial charge < -0.3 is 0 Å². The van der Waals surface area contributed by atoms with Gasteiger partial charge in [-0.1, -0.05) is 0 Å². The maximum absolute atomic E-state index is 11.7. The van der Waals surface area contributed by atoms with Gasteiger partial charge in [-0.3, -0.25) is 4.74 Å². The molecule has 0 fully saturated rings. The van der Waals surface area contributed by atoms with Crippen LogP contribution in [-0.4, -0.2) is 25.3 Å². The molecular weight excluding hydrogens is 197 g/mol. The zero-order valence-corrected chi connectivity index (χ0v) is 5.34. The van der Waals surface area contributed by atoms with Gasteiger partial charge in [0.05, 0.1) is 0 Å². The van der Waals surface area contributed by atoms with E-state index in [0.717, 1.165) is 0 Å². The van der Waals surface area contributed by atoms with Crippen LogP contribution in [0.4, 0.5) is 30.7 Å². The Labute approximate surface area is 62.1 Å². The van der Waals surface area contributed by atoms with E-state index in [4.69, 9.17) is 0 Å². The third kappa shape index (κ3) is 4.37. The van der Waals surface area contributed by atoms with Crippen molar-refractivity contribution in [1.29, 1.82) is 0 Å². The molecule has 0 aromatic heterocycles. The van der Waals surface area contributed by atoms with Crippen LogP contribution < -0.4 is 0 Å². The number of halogens is 7. The second-order valence-corrected chi connectivity index (χ2v) is 1.80. The van der Waals surface area contributed by atoms with Gasteiger partial charge in [-0.15, -0.1) is 13.2 Å². The van der Waals surface area contributed by atoms with Crippen LogP contribution in [0.1, 0.15) is 0 Å². The lowest BCUT2D eigenvalue weighted by molar-refractivity contribution is -0.347. The molecule has 0 rings (SSSR count). The van der Waals surface area contributed by atoms with Crippen LogP contribution in [0, 0.1) is 0 Å². The molecule has 0 heterocycles. The van der Waals surface area contributed by atoms with Gasteiger partial charge in [0.25, 0.3) is 0 Å². The molecular formula is C4H3F7O. The van der Waals surface area contributed by atoms with Crippen molar-refractivity contribution in [1.82, 2.24) is 0 Å². The van der Waals surface area contributed by atoms with Gasteiger partial charge in [-0.25, -0.2) is 8.78 Å². The first-order chi connectivity index (χ1) is 5.15. The van der Waals surface area contributed by atoms with Gasteiger partial charge in [-0.05, 0) is 0 Å². The maximum Gasteiger partial charge on any atom is 0.522 e. The monoisotopic (exact) mass is 200 g/mol. The van der Waals surface area contributed by atoms with E-state index in [-0.39, 0.29) is 0 Å². The smallest absolute Gasteiger partial charge is 0.285 e. The van der Waals surface area contributed by atoms with E-state index in [1.54, 1.807) is 0 Å². The number of rotatable bonds is 3. The quantitative estimate of drug-likeness (QED) is 0.635. The molecule has 0 aliphatic rings. The topological polar surface area (TPSA) is 9.23 Å². The third-order valence-corrected chi connectivity index (χ3v) is 0.748. The first-order valence-electron chi connectivity index (χ1n) is 2.52. The largest absolute Gasteiger partial charge is 0.522 e. The molecule has 0 radical (unpaired) electrons. The summed E-state index contributed by atoms with van der Waals surface area (Å²) in [6.07, 6.45) is -9.49. The lowest BCUT2D eigenvalue weighted by atomic mass is 10.4. The van der Waals surface area contributed by atoms with Gasteiger partial charge in [-0.2, -0.15) is 8.78 Å². The number of ether oxygens (including phenoxy) is 1. The summed E-state index contributed by atoms with van der Waals surface area (Å²) < 4.78 is 81.5. The summed E-state index contributed by atoms with van der Waals surface area (Å²) in [4.78, 5) is 0. The van der Waals surface area contributed by atoms with E-state index in [0.29, 0.717) is 0 Å². The summed E-state index contributed by atoms with van der Waals surface area (Å²) in [6, 6.07) is 0. The lowest BCUT2D eigenvalue weighted by Gasteiger charge is -2.15. The molecule has 0 atom stereocenters. The maximum atomic E-state index is 11.7. The molecule has 1 nitrogen and oxygen atoms in total. The average Bonchev–Trinajstić information content (AvgIpc) is 1.82. The third-order valence-electron chi connectivity index (χ3n) is 0.748. The highest BCUT2D eigenvalue weighted by Gasteiger charge is 2.45. The molecule has 0 aliphatic heterocycles. The van der Waals surface area contributed by atoms with Gasteiger partial charge in [0, 0.05) is 0 Å². The Balaban J connectivity index is 3.93. The molecule has 0 amide bonds. The fourth-order valence-corrected chi connectivity index (χ4v) is 0.241. The Morgan fingerprint density at radius 1 is 1.00 bits per heavy atom. The van der Waals surface area contributed by atoms with Crippen molar-refractivity contribution in [3.05, 3.63) is 0 Å². The summed E-state index contributed by atoms with van der Waals surface area (Å²) in [5.41, 5.74) is 0. The molecule has 0 unspecified atom stereocenters. The first-order valence-corrected chi connectivity index (χ1v) is 2.52. The fraction of sp³-hybridized carbons (Fsp3) is 1.00. The van der Waals surface area contributed by atoms with Crippen molar-refractivity contribution in [2.45, 2.75) is 18.7 Å². The van der Waals surface area contributed by atoms with Crippen LogP contribution >= 0.6 is 0 Å². The van der Waals surface area contributed by atoms with Gasteiger partial charge in [0.1, 0.15) is 6.61 Å². The van der Waals surface area contributed by atoms with Crippen molar-refractivity contribution in [3.8, 4) is 0 Å². The van der Waals surface area contributed by atoms with E-state index >= 15 is 0 Å². The summed E-state index contributed by atoms with van der Waals surface area (Å²) >= 11 is 0. The van der Waals surface area contributed by atoms with Crippen LogP contribution in [0.25, 0.3) is 0 Å². The van der Waals surface area contributed by atoms with Crippen LogP contribution in [0.15, 0.2) is 0 Å². The minimum Gasteiger partial charge on any atom is -0.285 e. The molecule has 0 saturated heterocycles. The van der Waals surface area contributed by atoms with E-state index in [1.807, 2.05) is 0 Å². The zero-order chi connectivity index (χ0) is 9.99. The van der Waals surface area contributed by atoms with Crippen LogP contribution in [0.3, 0.4) is 0 Å². The van der Waals surface area contributed by atoms with Crippen molar-refractivity contribution in [2.24, 2.45) is 0 Å². The van der Waals surface area contributed by atoms with Crippen LogP contribution in [-0.2, 0) is 4.74 Å². The minimum atomic E-state index is -5.32. The predicted molar refractivity (Wildman–Crippen MR) is 23.0 cm³/mol. The van der Waals surface area contributed by atoms with Crippen molar-refractivity contribution in [3.63, 3.8) is 0 Å². The molecule has 0 aromatic carbocycles. The van der Waals surface area contributed by atoms with Crippen LogP contribution in [0.2, 0.25) is 0 Å². The molecule has 0 bridgehead atoms. The first kappa shape index (κ1) is 11.5. The molecule has 0 saturated carbocycles. The fourth-order valence-electron chi connectivity index (χ4n) is 0.241. The highest BCUT2D eigenvalue weighted by atomic mass is 19.4. The Morgan fingerprint density at radius 2 is 1.42 bits per heavy atom. The molecule has 0 N–H and O–H groups in total. The predicted octanol–water partition coefficient (Wildman–Crippen LogP) is 2.42. The Kier molecular flexibility index (Phi) is 3.31. The molecule has 74 valence electrons. The summed E-state index contributed by atoms with van der Waals surface area (Å²) in [5.74, 6) is -4.77. The van der Waals surface area contributed by atoms with Crippen LogP contribution in [0.5, 0.6) is 0 Å². The van der Waals surface area contributed by atoms with Crippen molar-refractivity contribution < 1.29 is 35.5 Å². The number of hydrogen-bond acceptors (Lipinski definition) is 1. The van der Waals surface area contributed by atoms with E-state index in [9.17, 15) is 30.7 Å². The Bertz CT molecular complexity index is 139. The highest BCUT2D eigenvalue weighted by molar-refractivity contribution is 4.67. The van der Waals surface area contributed by atoms with Gasteiger partial charge in [0.15, 0.2) is 0 Å². The molecule has 0 spiro atoms. The highest BCUT2D eigenvalue weighted by Crippen LogP contribution is 2.26. The molecule has 12 heavy (non-hydrogen) atoms. The number of hydrogen-bond donors (Lipinski definition) is 0. The molecule has 0 aliphatic carbocycles. The van der Waals surface area contributed by atoms with Gasteiger partial charge >= 0.3 is 18.7 Å². The van der Waals surface area contributed by atoms with E-state index in [1.165, 1.54) is 0 Å². The lowest BCUT2D eigenvalue weighted by Crippen LogP contribution is -2.35. The summed E-state index contributed by atoms with van der Waals surface area (Å²) in [7, 11) is 0. The van der Waals surface area contributed by atoms with Crippen molar-refractivity contribution in [2.75, 3.05) is 6.61 Å². The molecule has 0 aromatic rings.